The van der Waals surface area contributed by atoms with Gasteiger partial charge in [0, 0.05) is 26.1 Å². The predicted octanol–water partition coefficient (Wildman–Crippen LogP) is 2.17. The van der Waals surface area contributed by atoms with Crippen LogP contribution in [0.4, 0.5) is 4.79 Å². The Balaban J connectivity index is 4.08. The van der Waals surface area contributed by atoms with Gasteiger partial charge in [-0.15, -0.1) is 0 Å². The molecule has 0 aliphatic heterocycles. The molecular formula is C13H26N2O3. The Kier molecular flexibility index (Phi) is 8.16. The Bertz CT molecular complexity index is 269. The van der Waals surface area contributed by atoms with Gasteiger partial charge in [0.1, 0.15) is 0 Å². The highest BCUT2D eigenvalue weighted by Crippen LogP contribution is 2.05. The molecule has 0 aliphatic carbocycles. The van der Waals surface area contributed by atoms with Crippen molar-refractivity contribution >= 4 is 12.0 Å². The van der Waals surface area contributed by atoms with Crippen LogP contribution in [0.3, 0.4) is 0 Å². The maximum Gasteiger partial charge on any atom is 0.317 e. The van der Waals surface area contributed by atoms with Gasteiger partial charge in [0.15, 0.2) is 0 Å². The van der Waals surface area contributed by atoms with E-state index in [4.69, 9.17) is 5.11 Å². The van der Waals surface area contributed by atoms with Crippen LogP contribution < -0.4 is 5.32 Å². The molecule has 5 nitrogen and oxygen atoms in total. The summed E-state index contributed by atoms with van der Waals surface area (Å²) < 4.78 is 0. The average Bonchev–Trinajstić information content (AvgIpc) is 2.31. The number of hydrogen-bond acceptors (Lipinski definition) is 2. The molecule has 0 aromatic rings. The molecule has 0 aliphatic rings. The second-order valence-corrected chi connectivity index (χ2v) is 4.94. The number of aliphatic carboxylic acids is 1. The van der Waals surface area contributed by atoms with Crippen molar-refractivity contribution in [3.63, 3.8) is 0 Å². The van der Waals surface area contributed by atoms with E-state index >= 15 is 0 Å². The summed E-state index contributed by atoms with van der Waals surface area (Å²) in [5, 5.41) is 11.4. The van der Waals surface area contributed by atoms with Crippen LogP contribution >= 0.6 is 0 Å². The van der Waals surface area contributed by atoms with Gasteiger partial charge in [0.05, 0.1) is 0 Å². The second kappa shape index (κ2) is 8.78. The van der Waals surface area contributed by atoms with Crippen LogP contribution in [0.1, 0.15) is 40.5 Å². The molecule has 0 heterocycles. The first kappa shape index (κ1) is 16.7. The largest absolute Gasteiger partial charge is 0.481 e. The number of amides is 2. The molecule has 2 N–H and O–H groups in total. The average molecular weight is 258 g/mol. The topological polar surface area (TPSA) is 69.6 Å². The lowest BCUT2D eigenvalue weighted by Crippen LogP contribution is -2.43. The smallest absolute Gasteiger partial charge is 0.317 e. The molecule has 106 valence electrons. The molecule has 0 spiro atoms. The first-order chi connectivity index (χ1) is 8.40. The van der Waals surface area contributed by atoms with Crippen molar-refractivity contribution in [1.29, 1.82) is 0 Å². The van der Waals surface area contributed by atoms with Crippen molar-refractivity contribution in [3.8, 4) is 0 Å². The fourth-order valence-electron chi connectivity index (χ4n) is 1.60. The van der Waals surface area contributed by atoms with E-state index < -0.39 is 5.97 Å². The maximum atomic E-state index is 11.9. The SMILES string of the molecule is CCC(C)CN(CC)C(=O)NCC(C)CC(=O)O. The predicted molar refractivity (Wildman–Crippen MR) is 71.5 cm³/mol. The first-order valence-electron chi connectivity index (χ1n) is 6.65. The highest BCUT2D eigenvalue weighted by Gasteiger charge is 2.15. The van der Waals surface area contributed by atoms with E-state index in [1.807, 2.05) is 13.8 Å². The normalized spacial score (nSPS) is 13.8. The van der Waals surface area contributed by atoms with E-state index in [1.54, 1.807) is 4.90 Å². The van der Waals surface area contributed by atoms with Gasteiger partial charge in [0.2, 0.25) is 0 Å². The molecule has 0 aromatic heterocycles. The second-order valence-electron chi connectivity index (χ2n) is 4.94. The molecule has 0 aromatic carbocycles. The Morgan fingerprint density at radius 2 is 1.83 bits per heavy atom. The Morgan fingerprint density at radius 1 is 1.22 bits per heavy atom. The minimum atomic E-state index is -0.830. The molecular weight excluding hydrogens is 232 g/mol. The number of urea groups is 1. The van der Waals surface area contributed by atoms with Gasteiger partial charge in [-0.3, -0.25) is 4.79 Å². The van der Waals surface area contributed by atoms with Crippen LogP contribution in [0.25, 0.3) is 0 Å². The molecule has 0 fully saturated rings. The van der Waals surface area contributed by atoms with Crippen molar-refractivity contribution in [2.75, 3.05) is 19.6 Å². The third kappa shape index (κ3) is 7.14. The molecule has 0 saturated heterocycles. The highest BCUT2D eigenvalue weighted by atomic mass is 16.4. The van der Waals surface area contributed by atoms with Crippen LogP contribution in [-0.2, 0) is 4.79 Å². The Labute approximate surface area is 110 Å². The summed E-state index contributed by atoms with van der Waals surface area (Å²) in [5.74, 6) is -0.399. The fraction of sp³-hybridized carbons (Fsp3) is 0.846. The number of nitrogens with zero attached hydrogens (tertiary/aromatic N) is 1. The number of carbonyl (C=O) groups excluding carboxylic acids is 1. The van der Waals surface area contributed by atoms with Gasteiger partial charge in [-0.1, -0.05) is 27.2 Å². The van der Waals surface area contributed by atoms with Crippen LogP contribution in [-0.4, -0.2) is 41.6 Å². The number of hydrogen-bond donors (Lipinski definition) is 2. The number of carboxylic acid groups (broad SMARTS) is 1. The zero-order valence-corrected chi connectivity index (χ0v) is 11.9. The summed E-state index contributed by atoms with van der Waals surface area (Å²) >= 11 is 0. The molecule has 0 saturated carbocycles. The van der Waals surface area contributed by atoms with E-state index in [0.717, 1.165) is 13.0 Å². The standard InChI is InChI=1S/C13H26N2O3/c1-5-10(3)9-15(6-2)13(18)14-8-11(4)7-12(16)17/h10-11H,5-9H2,1-4H3,(H,14,18)(H,16,17). The number of nitrogens with one attached hydrogen (secondary N) is 1. The van der Waals surface area contributed by atoms with Crippen molar-refractivity contribution in [3.05, 3.63) is 0 Å². The lowest BCUT2D eigenvalue weighted by Gasteiger charge is -2.25. The van der Waals surface area contributed by atoms with Gasteiger partial charge in [-0.2, -0.15) is 0 Å². The van der Waals surface area contributed by atoms with Crippen LogP contribution in [0.5, 0.6) is 0 Å². The first-order valence-corrected chi connectivity index (χ1v) is 6.65. The third-order valence-corrected chi connectivity index (χ3v) is 3.02. The summed E-state index contributed by atoms with van der Waals surface area (Å²) in [6.07, 6.45) is 1.12. The van der Waals surface area contributed by atoms with Crippen molar-refractivity contribution in [2.24, 2.45) is 11.8 Å². The van der Waals surface area contributed by atoms with E-state index in [9.17, 15) is 9.59 Å². The minimum Gasteiger partial charge on any atom is -0.481 e. The van der Waals surface area contributed by atoms with E-state index in [1.165, 1.54) is 0 Å². The van der Waals surface area contributed by atoms with E-state index in [-0.39, 0.29) is 18.4 Å². The highest BCUT2D eigenvalue weighted by molar-refractivity contribution is 5.74. The Morgan fingerprint density at radius 3 is 2.28 bits per heavy atom. The van der Waals surface area contributed by atoms with Crippen molar-refractivity contribution in [1.82, 2.24) is 10.2 Å². The molecule has 0 bridgehead atoms. The van der Waals surface area contributed by atoms with E-state index in [0.29, 0.717) is 19.0 Å². The van der Waals surface area contributed by atoms with Gasteiger partial charge in [-0.25, -0.2) is 4.79 Å². The van der Waals surface area contributed by atoms with Crippen LogP contribution in [0.15, 0.2) is 0 Å². The van der Waals surface area contributed by atoms with E-state index in [2.05, 4.69) is 19.2 Å². The number of carbonyl (C=O) groups is 2. The van der Waals surface area contributed by atoms with Gasteiger partial charge >= 0.3 is 12.0 Å². The quantitative estimate of drug-likeness (QED) is 0.701. The van der Waals surface area contributed by atoms with Crippen LogP contribution in [0, 0.1) is 11.8 Å². The molecule has 2 amide bonds. The fourth-order valence-corrected chi connectivity index (χ4v) is 1.60. The van der Waals surface area contributed by atoms with Crippen molar-refractivity contribution in [2.45, 2.75) is 40.5 Å². The molecule has 0 radical (unpaired) electrons. The number of carboxylic acids is 1. The maximum absolute atomic E-state index is 11.9. The van der Waals surface area contributed by atoms with Crippen molar-refractivity contribution < 1.29 is 14.7 Å². The lowest BCUT2D eigenvalue weighted by molar-refractivity contribution is -0.137. The Hall–Kier alpha value is -1.26. The molecule has 2 unspecified atom stereocenters. The van der Waals surface area contributed by atoms with Gasteiger partial charge in [0.25, 0.3) is 0 Å². The number of rotatable bonds is 8. The minimum absolute atomic E-state index is 0.0474. The van der Waals surface area contributed by atoms with Crippen LogP contribution in [0.2, 0.25) is 0 Å². The summed E-state index contributed by atoms with van der Waals surface area (Å²) in [6.45, 7) is 9.80. The third-order valence-electron chi connectivity index (χ3n) is 3.02. The molecule has 5 heteroatoms. The molecule has 2 atom stereocenters. The summed E-state index contributed by atoms with van der Waals surface area (Å²) in [5.41, 5.74) is 0. The van der Waals surface area contributed by atoms with Gasteiger partial charge in [-0.05, 0) is 18.8 Å². The lowest BCUT2D eigenvalue weighted by atomic mass is 10.1. The zero-order valence-electron chi connectivity index (χ0n) is 11.9. The molecule has 18 heavy (non-hydrogen) atoms. The summed E-state index contributed by atoms with van der Waals surface area (Å²) in [6, 6.07) is -0.102. The van der Waals surface area contributed by atoms with Gasteiger partial charge < -0.3 is 15.3 Å². The molecule has 0 rings (SSSR count). The monoisotopic (exact) mass is 258 g/mol. The summed E-state index contributed by atoms with van der Waals surface area (Å²) in [7, 11) is 0. The zero-order chi connectivity index (χ0) is 14.1. The summed E-state index contributed by atoms with van der Waals surface area (Å²) in [4.78, 5) is 24.2.